The van der Waals surface area contributed by atoms with Crippen molar-refractivity contribution >= 4 is 5.78 Å². The lowest BCUT2D eigenvalue weighted by Gasteiger charge is -2.02. The third-order valence-corrected chi connectivity index (χ3v) is 4.30. The highest BCUT2D eigenvalue weighted by atomic mass is 16.1. The SMILES string of the molecule is CCCCCC=CCC(=O)CCCCCCCCCCCC. The minimum atomic E-state index is 0.423. The molecule has 22 heavy (non-hydrogen) atoms. The van der Waals surface area contributed by atoms with E-state index in [9.17, 15) is 4.79 Å². The highest BCUT2D eigenvalue weighted by molar-refractivity contribution is 5.79. The molecule has 0 radical (unpaired) electrons. The van der Waals surface area contributed by atoms with Crippen molar-refractivity contribution < 1.29 is 4.79 Å². The van der Waals surface area contributed by atoms with E-state index in [2.05, 4.69) is 26.0 Å². The second-order valence-corrected chi connectivity index (χ2v) is 6.64. The van der Waals surface area contributed by atoms with E-state index in [0.29, 0.717) is 12.2 Å². The lowest BCUT2D eigenvalue weighted by atomic mass is 10.0. The molecule has 0 aliphatic heterocycles. The molecule has 130 valence electrons. The summed E-state index contributed by atoms with van der Waals surface area (Å²) in [6, 6.07) is 0. The predicted octanol–water partition coefficient (Wildman–Crippen LogP) is 7.39. The maximum atomic E-state index is 11.7. The van der Waals surface area contributed by atoms with E-state index < -0.39 is 0 Å². The van der Waals surface area contributed by atoms with E-state index in [0.717, 1.165) is 19.3 Å². The molecule has 0 atom stereocenters. The zero-order valence-corrected chi connectivity index (χ0v) is 15.4. The Hall–Kier alpha value is -0.590. The number of rotatable bonds is 17. The van der Waals surface area contributed by atoms with E-state index in [1.807, 2.05) is 0 Å². The smallest absolute Gasteiger partial charge is 0.136 e. The Morgan fingerprint density at radius 3 is 1.73 bits per heavy atom. The monoisotopic (exact) mass is 308 g/mol. The number of allylic oxidation sites excluding steroid dienone is 2. The molecule has 0 heterocycles. The Bertz CT molecular complexity index is 255. The Labute approximate surface area is 140 Å². The second kappa shape index (κ2) is 18.5. The molecule has 1 nitrogen and oxygen atoms in total. The van der Waals surface area contributed by atoms with Gasteiger partial charge in [0.1, 0.15) is 5.78 Å². The number of Topliss-reactive ketones (excluding diaryl/α,β-unsaturated/α-hetero) is 1. The minimum absolute atomic E-state index is 0.423. The summed E-state index contributed by atoms with van der Waals surface area (Å²) in [6.07, 6.45) is 24.0. The molecule has 0 aromatic carbocycles. The quantitative estimate of drug-likeness (QED) is 0.202. The molecule has 0 amide bonds. The van der Waals surface area contributed by atoms with Gasteiger partial charge in [-0.25, -0.2) is 0 Å². The van der Waals surface area contributed by atoms with Crippen LogP contribution in [-0.2, 0) is 4.79 Å². The van der Waals surface area contributed by atoms with Gasteiger partial charge in [-0.1, -0.05) is 96.6 Å². The molecule has 0 aromatic rings. The maximum absolute atomic E-state index is 11.7. The van der Waals surface area contributed by atoms with E-state index in [1.165, 1.54) is 77.0 Å². The number of ketones is 1. The lowest BCUT2D eigenvalue weighted by Crippen LogP contribution is -1.95. The van der Waals surface area contributed by atoms with Crippen molar-refractivity contribution in [1.82, 2.24) is 0 Å². The molecular formula is C21H40O. The van der Waals surface area contributed by atoms with Crippen molar-refractivity contribution in [3.8, 4) is 0 Å². The number of hydrogen-bond donors (Lipinski definition) is 0. The van der Waals surface area contributed by atoms with Crippen molar-refractivity contribution in [2.24, 2.45) is 0 Å². The van der Waals surface area contributed by atoms with Crippen LogP contribution < -0.4 is 0 Å². The van der Waals surface area contributed by atoms with Crippen molar-refractivity contribution in [1.29, 1.82) is 0 Å². The van der Waals surface area contributed by atoms with Crippen LogP contribution in [-0.4, -0.2) is 5.78 Å². The second-order valence-electron chi connectivity index (χ2n) is 6.64. The largest absolute Gasteiger partial charge is 0.299 e. The summed E-state index contributed by atoms with van der Waals surface area (Å²) in [5.74, 6) is 0.423. The molecule has 0 spiro atoms. The van der Waals surface area contributed by atoms with E-state index in [-0.39, 0.29) is 0 Å². The summed E-state index contributed by atoms with van der Waals surface area (Å²) < 4.78 is 0. The molecular weight excluding hydrogens is 268 g/mol. The number of carbonyl (C=O) groups excluding carboxylic acids is 1. The predicted molar refractivity (Wildman–Crippen MR) is 99.4 cm³/mol. The Morgan fingerprint density at radius 1 is 0.636 bits per heavy atom. The van der Waals surface area contributed by atoms with Crippen LogP contribution in [0.5, 0.6) is 0 Å². The zero-order chi connectivity index (χ0) is 16.3. The van der Waals surface area contributed by atoms with Crippen LogP contribution in [0.2, 0.25) is 0 Å². The van der Waals surface area contributed by atoms with Crippen LogP contribution in [0.3, 0.4) is 0 Å². The van der Waals surface area contributed by atoms with Gasteiger partial charge in [0.25, 0.3) is 0 Å². The molecule has 0 aliphatic rings. The van der Waals surface area contributed by atoms with E-state index >= 15 is 0 Å². The minimum Gasteiger partial charge on any atom is -0.299 e. The summed E-state index contributed by atoms with van der Waals surface area (Å²) in [4.78, 5) is 11.7. The highest BCUT2D eigenvalue weighted by Gasteiger charge is 1.99. The first-order valence-electron chi connectivity index (χ1n) is 9.98. The third-order valence-electron chi connectivity index (χ3n) is 4.30. The van der Waals surface area contributed by atoms with Gasteiger partial charge in [0, 0.05) is 12.8 Å². The van der Waals surface area contributed by atoms with Crippen LogP contribution >= 0.6 is 0 Å². The lowest BCUT2D eigenvalue weighted by molar-refractivity contribution is -0.118. The molecule has 0 aromatic heterocycles. The van der Waals surface area contributed by atoms with Crippen molar-refractivity contribution in [2.45, 2.75) is 117 Å². The normalized spacial score (nSPS) is 11.4. The summed E-state index contributed by atoms with van der Waals surface area (Å²) in [5, 5.41) is 0. The van der Waals surface area contributed by atoms with E-state index in [4.69, 9.17) is 0 Å². The molecule has 0 saturated heterocycles. The maximum Gasteiger partial charge on any atom is 0.136 e. The van der Waals surface area contributed by atoms with Crippen LogP contribution in [0.1, 0.15) is 117 Å². The fourth-order valence-electron chi connectivity index (χ4n) is 2.76. The Kier molecular flexibility index (Phi) is 18.0. The molecule has 0 fully saturated rings. The standard InChI is InChI=1S/C21H40O/c1-3-5-7-9-11-12-13-14-16-18-20-21(22)19-17-15-10-8-6-4-2/h15,17H,3-14,16,18-20H2,1-2H3. The van der Waals surface area contributed by atoms with Gasteiger partial charge < -0.3 is 0 Å². The van der Waals surface area contributed by atoms with Gasteiger partial charge in [-0.05, 0) is 19.3 Å². The topological polar surface area (TPSA) is 17.1 Å². The summed E-state index contributed by atoms with van der Waals surface area (Å²) in [5.41, 5.74) is 0. The fourth-order valence-corrected chi connectivity index (χ4v) is 2.76. The Balaban J connectivity index is 3.21. The van der Waals surface area contributed by atoms with Gasteiger partial charge in [-0.3, -0.25) is 4.79 Å². The zero-order valence-electron chi connectivity index (χ0n) is 15.4. The summed E-state index contributed by atoms with van der Waals surface area (Å²) >= 11 is 0. The van der Waals surface area contributed by atoms with Gasteiger partial charge in [0.2, 0.25) is 0 Å². The fraction of sp³-hybridized carbons (Fsp3) is 0.857. The summed E-state index contributed by atoms with van der Waals surface area (Å²) in [7, 11) is 0. The Morgan fingerprint density at radius 2 is 1.14 bits per heavy atom. The van der Waals surface area contributed by atoms with Crippen molar-refractivity contribution in [3.63, 3.8) is 0 Å². The third kappa shape index (κ3) is 17.5. The molecule has 0 unspecified atom stereocenters. The molecule has 0 bridgehead atoms. The average Bonchev–Trinajstić information content (AvgIpc) is 2.52. The van der Waals surface area contributed by atoms with Crippen LogP contribution in [0.25, 0.3) is 0 Å². The van der Waals surface area contributed by atoms with E-state index in [1.54, 1.807) is 0 Å². The molecule has 0 aliphatic carbocycles. The van der Waals surface area contributed by atoms with Crippen LogP contribution in [0.15, 0.2) is 12.2 Å². The summed E-state index contributed by atoms with van der Waals surface area (Å²) in [6.45, 7) is 4.49. The van der Waals surface area contributed by atoms with Crippen LogP contribution in [0, 0.1) is 0 Å². The first-order chi connectivity index (χ1) is 10.8. The van der Waals surface area contributed by atoms with Crippen molar-refractivity contribution in [3.05, 3.63) is 12.2 Å². The number of hydrogen-bond acceptors (Lipinski definition) is 1. The van der Waals surface area contributed by atoms with Gasteiger partial charge >= 0.3 is 0 Å². The first kappa shape index (κ1) is 21.4. The highest BCUT2D eigenvalue weighted by Crippen LogP contribution is 2.11. The number of carbonyl (C=O) groups is 1. The molecule has 0 rings (SSSR count). The van der Waals surface area contributed by atoms with Crippen molar-refractivity contribution in [2.75, 3.05) is 0 Å². The van der Waals surface area contributed by atoms with Crippen LogP contribution in [0.4, 0.5) is 0 Å². The molecule has 0 saturated carbocycles. The van der Waals surface area contributed by atoms with Gasteiger partial charge in [0.15, 0.2) is 0 Å². The average molecular weight is 309 g/mol. The van der Waals surface area contributed by atoms with Gasteiger partial charge in [-0.2, -0.15) is 0 Å². The van der Waals surface area contributed by atoms with Gasteiger partial charge in [-0.15, -0.1) is 0 Å². The number of unbranched alkanes of at least 4 members (excludes halogenated alkanes) is 12. The molecule has 0 N–H and O–H groups in total. The molecule has 1 heteroatoms. The van der Waals surface area contributed by atoms with Gasteiger partial charge in [0.05, 0.1) is 0 Å². The first-order valence-corrected chi connectivity index (χ1v) is 9.98.